The van der Waals surface area contributed by atoms with Gasteiger partial charge in [0.05, 0.1) is 6.04 Å². The number of likely N-dealkylation sites (N-methyl/N-ethyl adjacent to an activating group) is 1. The quantitative estimate of drug-likeness (QED) is 0.918. The molecule has 2 heterocycles. The van der Waals surface area contributed by atoms with Gasteiger partial charge in [-0.25, -0.2) is 0 Å². The minimum absolute atomic E-state index is 0.156. The molecule has 126 valence electrons. The largest absolute Gasteiger partial charge is 0.360 e. The minimum atomic E-state index is -0.870. The summed E-state index contributed by atoms with van der Waals surface area (Å²) in [4.78, 5) is 26.1. The highest BCUT2D eigenvalue weighted by Gasteiger charge is 2.40. The van der Waals surface area contributed by atoms with Crippen molar-refractivity contribution in [3.8, 4) is 0 Å². The number of halogens is 1. The summed E-state index contributed by atoms with van der Waals surface area (Å²) in [5.74, 6) is 0.283. The average Bonchev–Trinajstić information content (AvgIpc) is 2.96. The maximum atomic E-state index is 12.6. The molecule has 1 N–H and O–H groups in total. The molecular formula is C16H16ClN3O4. The van der Waals surface area contributed by atoms with E-state index in [2.05, 4.69) is 10.5 Å². The van der Waals surface area contributed by atoms with E-state index in [1.165, 1.54) is 4.90 Å². The van der Waals surface area contributed by atoms with E-state index in [1.807, 2.05) is 0 Å². The van der Waals surface area contributed by atoms with Crippen molar-refractivity contribution in [2.75, 3.05) is 19.0 Å². The van der Waals surface area contributed by atoms with Gasteiger partial charge in [-0.05, 0) is 24.6 Å². The maximum Gasteiger partial charge on any atom is 0.257 e. The van der Waals surface area contributed by atoms with E-state index in [0.29, 0.717) is 16.6 Å². The Bertz CT molecular complexity index is 759. The van der Waals surface area contributed by atoms with Crippen LogP contribution in [-0.2, 0) is 14.3 Å². The zero-order valence-electron chi connectivity index (χ0n) is 13.2. The highest BCUT2D eigenvalue weighted by molar-refractivity contribution is 6.30. The summed E-state index contributed by atoms with van der Waals surface area (Å²) in [7, 11) is 1.64. The van der Waals surface area contributed by atoms with Crippen LogP contribution >= 0.6 is 11.6 Å². The molecule has 3 rings (SSSR count). The Morgan fingerprint density at radius 1 is 1.38 bits per heavy atom. The Hall–Kier alpha value is -2.38. The molecule has 1 aromatic heterocycles. The number of nitrogens with one attached hydrogen (secondary N) is 1. The zero-order chi connectivity index (χ0) is 17.3. The lowest BCUT2D eigenvalue weighted by atomic mass is 9.97. The molecule has 0 unspecified atom stereocenters. The van der Waals surface area contributed by atoms with Gasteiger partial charge in [-0.3, -0.25) is 9.59 Å². The summed E-state index contributed by atoms with van der Waals surface area (Å²) in [6.45, 7) is 1.57. The molecule has 7 nitrogen and oxygen atoms in total. The van der Waals surface area contributed by atoms with Gasteiger partial charge in [0.25, 0.3) is 5.91 Å². The molecule has 1 aliphatic rings. The van der Waals surface area contributed by atoms with Crippen molar-refractivity contribution in [3.63, 3.8) is 0 Å². The molecule has 1 fully saturated rings. The van der Waals surface area contributed by atoms with Crippen LogP contribution < -0.4 is 5.32 Å². The van der Waals surface area contributed by atoms with Gasteiger partial charge in [-0.1, -0.05) is 28.9 Å². The molecule has 0 saturated carbocycles. The van der Waals surface area contributed by atoms with Crippen LogP contribution in [0.5, 0.6) is 0 Å². The predicted molar refractivity (Wildman–Crippen MR) is 86.6 cm³/mol. The second kappa shape index (κ2) is 6.62. The lowest BCUT2D eigenvalue weighted by Gasteiger charge is -2.38. The predicted octanol–water partition coefficient (Wildman–Crippen LogP) is 2.17. The monoisotopic (exact) mass is 349 g/mol. The van der Waals surface area contributed by atoms with Crippen molar-refractivity contribution in [2.45, 2.75) is 19.1 Å². The summed E-state index contributed by atoms with van der Waals surface area (Å²) in [5, 5.41) is 6.95. The van der Waals surface area contributed by atoms with Crippen LogP contribution in [0.15, 0.2) is 34.9 Å². The van der Waals surface area contributed by atoms with Gasteiger partial charge >= 0.3 is 0 Å². The highest BCUT2D eigenvalue weighted by Crippen LogP contribution is 2.30. The molecule has 2 aromatic rings. The molecule has 2 amide bonds. The standard InChI is InChI=1S/C16H16ClN3O4/c1-9-7-12(19-24-9)18-16(22)15-14(20(2)13(21)8-23-15)10-3-5-11(17)6-4-10/h3-7,14-15H,8H2,1-2H3,(H,18,19,22)/t14-,15+/m1/s1. The number of aromatic nitrogens is 1. The zero-order valence-corrected chi connectivity index (χ0v) is 13.9. The number of nitrogens with zero attached hydrogens (tertiary/aromatic N) is 2. The Morgan fingerprint density at radius 2 is 2.08 bits per heavy atom. The second-order valence-electron chi connectivity index (χ2n) is 5.54. The number of carbonyl (C=O) groups excluding carboxylic acids is 2. The van der Waals surface area contributed by atoms with E-state index >= 15 is 0 Å². The number of morpholine rings is 1. The first-order valence-electron chi connectivity index (χ1n) is 7.32. The Balaban J connectivity index is 1.86. The minimum Gasteiger partial charge on any atom is -0.360 e. The van der Waals surface area contributed by atoms with E-state index in [-0.39, 0.29) is 12.5 Å². The van der Waals surface area contributed by atoms with Crippen LogP contribution in [0.25, 0.3) is 0 Å². The van der Waals surface area contributed by atoms with Gasteiger partial charge < -0.3 is 19.5 Å². The molecule has 0 radical (unpaired) electrons. The van der Waals surface area contributed by atoms with Gasteiger partial charge in [-0.2, -0.15) is 0 Å². The number of carbonyl (C=O) groups is 2. The van der Waals surface area contributed by atoms with Crippen molar-refractivity contribution in [2.24, 2.45) is 0 Å². The highest BCUT2D eigenvalue weighted by atomic mass is 35.5. The number of benzene rings is 1. The van der Waals surface area contributed by atoms with Crippen molar-refractivity contribution >= 4 is 29.2 Å². The third-order valence-corrected chi connectivity index (χ3v) is 4.08. The van der Waals surface area contributed by atoms with Gasteiger partial charge in [0.2, 0.25) is 5.91 Å². The summed E-state index contributed by atoms with van der Waals surface area (Å²) >= 11 is 5.91. The first-order valence-corrected chi connectivity index (χ1v) is 7.70. The van der Waals surface area contributed by atoms with Crippen molar-refractivity contribution in [3.05, 3.63) is 46.7 Å². The van der Waals surface area contributed by atoms with Crippen LogP contribution in [0.1, 0.15) is 17.4 Å². The molecule has 0 bridgehead atoms. The number of hydrogen-bond acceptors (Lipinski definition) is 5. The van der Waals surface area contributed by atoms with Crippen LogP contribution in [0.4, 0.5) is 5.82 Å². The Morgan fingerprint density at radius 3 is 2.71 bits per heavy atom. The first-order chi connectivity index (χ1) is 11.5. The molecule has 24 heavy (non-hydrogen) atoms. The van der Waals surface area contributed by atoms with Gasteiger partial charge in [0.15, 0.2) is 11.9 Å². The van der Waals surface area contributed by atoms with Gasteiger partial charge in [0.1, 0.15) is 12.4 Å². The maximum absolute atomic E-state index is 12.6. The topological polar surface area (TPSA) is 84.7 Å². The summed E-state index contributed by atoms with van der Waals surface area (Å²) in [6.07, 6.45) is -0.870. The molecular weight excluding hydrogens is 334 g/mol. The molecule has 8 heteroatoms. The number of aryl methyl sites for hydroxylation is 1. The fourth-order valence-electron chi connectivity index (χ4n) is 2.61. The molecule has 0 spiro atoms. The third kappa shape index (κ3) is 3.27. The molecule has 1 saturated heterocycles. The number of hydrogen-bond donors (Lipinski definition) is 1. The number of ether oxygens (including phenoxy) is 1. The number of amides is 2. The van der Waals surface area contributed by atoms with E-state index in [0.717, 1.165) is 5.56 Å². The Labute approximate surface area is 143 Å². The van der Waals surface area contributed by atoms with Crippen LogP contribution in [0.3, 0.4) is 0 Å². The molecule has 2 atom stereocenters. The van der Waals surface area contributed by atoms with E-state index < -0.39 is 18.1 Å². The molecule has 1 aliphatic heterocycles. The fourth-order valence-corrected chi connectivity index (χ4v) is 2.74. The van der Waals surface area contributed by atoms with Gasteiger partial charge in [-0.15, -0.1) is 0 Å². The van der Waals surface area contributed by atoms with E-state index in [9.17, 15) is 9.59 Å². The Kier molecular flexibility index (Phi) is 4.55. The summed E-state index contributed by atoms with van der Waals surface area (Å²) < 4.78 is 10.4. The molecule has 0 aliphatic carbocycles. The second-order valence-corrected chi connectivity index (χ2v) is 5.98. The summed E-state index contributed by atoms with van der Waals surface area (Å²) in [5.41, 5.74) is 0.756. The number of rotatable bonds is 3. The van der Waals surface area contributed by atoms with Crippen LogP contribution in [0.2, 0.25) is 5.02 Å². The lowest BCUT2D eigenvalue weighted by molar-refractivity contribution is -0.160. The molecule has 1 aromatic carbocycles. The van der Waals surface area contributed by atoms with E-state index in [1.54, 1.807) is 44.3 Å². The summed E-state index contributed by atoms with van der Waals surface area (Å²) in [6, 6.07) is 8.00. The van der Waals surface area contributed by atoms with Crippen molar-refractivity contribution in [1.82, 2.24) is 10.1 Å². The smallest absolute Gasteiger partial charge is 0.257 e. The van der Waals surface area contributed by atoms with Gasteiger partial charge in [0, 0.05) is 18.1 Å². The van der Waals surface area contributed by atoms with Crippen LogP contribution in [0, 0.1) is 6.92 Å². The van der Waals surface area contributed by atoms with Crippen molar-refractivity contribution in [1.29, 1.82) is 0 Å². The van der Waals surface area contributed by atoms with Crippen molar-refractivity contribution < 1.29 is 18.8 Å². The normalized spacial score (nSPS) is 21.0. The third-order valence-electron chi connectivity index (χ3n) is 3.83. The SMILES string of the molecule is Cc1cc(NC(=O)[C@H]2OCC(=O)N(C)[C@@H]2c2ccc(Cl)cc2)no1. The number of anilines is 1. The fraction of sp³-hybridized carbons (Fsp3) is 0.312. The average molecular weight is 350 g/mol. The van der Waals surface area contributed by atoms with Crippen LogP contribution in [-0.4, -0.2) is 41.6 Å². The van der Waals surface area contributed by atoms with E-state index in [4.69, 9.17) is 20.9 Å². The first kappa shape index (κ1) is 16.5. The lowest BCUT2D eigenvalue weighted by Crippen LogP contribution is -2.51.